The zero-order valence-corrected chi connectivity index (χ0v) is 13.5. The van der Waals surface area contributed by atoms with E-state index < -0.39 is 24.2 Å². The Labute approximate surface area is 134 Å². The van der Waals surface area contributed by atoms with Gasteiger partial charge in [0.2, 0.25) is 0 Å². The van der Waals surface area contributed by atoms with Crippen molar-refractivity contribution in [2.45, 2.75) is 38.8 Å². The van der Waals surface area contributed by atoms with Crippen molar-refractivity contribution < 1.29 is 8.78 Å². The summed E-state index contributed by atoms with van der Waals surface area (Å²) >= 11 is 1.13. The largest absolute Gasteiger partial charge is 0.332 e. The van der Waals surface area contributed by atoms with Crippen molar-refractivity contribution in [3.63, 3.8) is 0 Å². The van der Waals surface area contributed by atoms with Crippen molar-refractivity contribution in [1.29, 1.82) is 0 Å². The molecule has 9 heteroatoms. The molecule has 0 aliphatic heterocycles. The number of fused-ring (bicyclic) bond motifs is 1. The third-order valence-corrected chi connectivity index (χ3v) is 5.07. The fourth-order valence-electron chi connectivity index (χ4n) is 2.58. The highest BCUT2D eigenvalue weighted by Gasteiger charge is 2.30. The SMILES string of the molecule is CN/N=C/c1sc2c(c1C)c(=O)n(C1CC1)c(=O)n2CC(F)F. The molecule has 0 unspecified atom stereocenters. The minimum absolute atomic E-state index is 0.169. The average Bonchev–Trinajstić information content (AvgIpc) is 3.25. The van der Waals surface area contributed by atoms with Crippen LogP contribution in [0.4, 0.5) is 8.78 Å². The van der Waals surface area contributed by atoms with Crippen LogP contribution in [0.2, 0.25) is 0 Å². The molecule has 0 amide bonds. The van der Waals surface area contributed by atoms with Crippen LogP contribution in [0.3, 0.4) is 0 Å². The molecule has 124 valence electrons. The number of aromatic nitrogens is 2. The van der Waals surface area contributed by atoms with E-state index in [1.807, 2.05) is 0 Å². The van der Waals surface area contributed by atoms with Crippen LogP contribution in [0.25, 0.3) is 10.2 Å². The predicted molar refractivity (Wildman–Crippen MR) is 86.0 cm³/mol. The number of rotatable bonds is 5. The van der Waals surface area contributed by atoms with Gasteiger partial charge in [0.15, 0.2) is 0 Å². The summed E-state index contributed by atoms with van der Waals surface area (Å²) in [7, 11) is 1.63. The first-order valence-corrected chi connectivity index (χ1v) is 8.03. The second-order valence-electron chi connectivity index (χ2n) is 5.44. The van der Waals surface area contributed by atoms with Crippen molar-refractivity contribution in [2.24, 2.45) is 5.10 Å². The third-order valence-electron chi connectivity index (χ3n) is 3.82. The van der Waals surface area contributed by atoms with Gasteiger partial charge in [-0.1, -0.05) is 0 Å². The fourth-order valence-corrected chi connectivity index (χ4v) is 3.76. The molecule has 2 aromatic heterocycles. The normalized spacial score (nSPS) is 15.2. The van der Waals surface area contributed by atoms with Gasteiger partial charge >= 0.3 is 5.69 Å². The molecule has 0 bridgehead atoms. The van der Waals surface area contributed by atoms with E-state index in [0.29, 0.717) is 15.8 Å². The van der Waals surface area contributed by atoms with E-state index >= 15 is 0 Å². The Morgan fingerprint density at radius 3 is 2.70 bits per heavy atom. The molecule has 1 aliphatic rings. The lowest BCUT2D eigenvalue weighted by molar-refractivity contribution is 0.126. The molecule has 1 N–H and O–H groups in total. The Morgan fingerprint density at radius 2 is 2.13 bits per heavy atom. The first-order chi connectivity index (χ1) is 11.0. The van der Waals surface area contributed by atoms with Gasteiger partial charge in [0.25, 0.3) is 12.0 Å². The average molecular weight is 342 g/mol. The van der Waals surface area contributed by atoms with Gasteiger partial charge in [-0.3, -0.25) is 13.9 Å². The van der Waals surface area contributed by atoms with Crippen LogP contribution in [0, 0.1) is 6.92 Å². The van der Waals surface area contributed by atoms with Crippen molar-refractivity contribution >= 4 is 27.8 Å². The first kappa shape index (κ1) is 15.9. The summed E-state index contributed by atoms with van der Waals surface area (Å²) in [6, 6.07) is -0.169. The van der Waals surface area contributed by atoms with Gasteiger partial charge in [0.05, 0.1) is 23.0 Å². The molecule has 23 heavy (non-hydrogen) atoms. The van der Waals surface area contributed by atoms with Crippen molar-refractivity contribution in [2.75, 3.05) is 7.05 Å². The standard InChI is InChI=1S/C14H16F2N4O2S/c1-7-9(5-18-17-2)23-13-11(7)12(21)20(8-3-4-8)14(22)19(13)6-10(15)16/h5,8,10,17H,3-4,6H2,1-2H3/b18-5+. The fraction of sp³-hybridized carbons (Fsp3) is 0.500. The zero-order valence-electron chi connectivity index (χ0n) is 12.7. The molecular formula is C14H16F2N4O2S. The quantitative estimate of drug-likeness (QED) is 0.664. The summed E-state index contributed by atoms with van der Waals surface area (Å²) in [5.74, 6) is 0. The molecule has 2 heterocycles. The van der Waals surface area contributed by atoms with Gasteiger partial charge in [0.1, 0.15) is 4.83 Å². The van der Waals surface area contributed by atoms with Gasteiger partial charge < -0.3 is 5.43 Å². The lowest BCUT2D eigenvalue weighted by atomic mass is 10.2. The van der Waals surface area contributed by atoms with Crippen LogP contribution >= 0.6 is 11.3 Å². The van der Waals surface area contributed by atoms with Crippen LogP contribution in [0.1, 0.15) is 29.3 Å². The number of alkyl halides is 2. The lowest BCUT2D eigenvalue weighted by Crippen LogP contribution is -2.40. The second-order valence-corrected chi connectivity index (χ2v) is 6.47. The number of nitrogens with one attached hydrogen (secondary N) is 1. The number of thiophene rings is 1. The van der Waals surface area contributed by atoms with E-state index in [-0.39, 0.29) is 10.9 Å². The van der Waals surface area contributed by atoms with Crippen LogP contribution in [-0.2, 0) is 6.54 Å². The van der Waals surface area contributed by atoms with Crippen LogP contribution in [0.5, 0.6) is 0 Å². The van der Waals surface area contributed by atoms with Gasteiger partial charge in [-0.25, -0.2) is 13.6 Å². The van der Waals surface area contributed by atoms with Gasteiger partial charge in [-0.15, -0.1) is 11.3 Å². The molecule has 0 atom stereocenters. The molecule has 0 aromatic carbocycles. The van der Waals surface area contributed by atoms with Crippen molar-refractivity contribution in [3.05, 3.63) is 31.3 Å². The molecule has 0 radical (unpaired) electrons. The van der Waals surface area contributed by atoms with E-state index in [2.05, 4.69) is 10.5 Å². The van der Waals surface area contributed by atoms with Crippen molar-refractivity contribution in [3.8, 4) is 0 Å². The van der Waals surface area contributed by atoms with Crippen LogP contribution < -0.4 is 16.7 Å². The number of hydrogen-bond donors (Lipinski definition) is 1. The van der Waals surface area contributed by atoms with E-state index in [4.69, 9.17) is 0 Å². The molecule has 0 spiro atoms. The monoisotopic (exact) mass is 342 g/mol. The van der Waals surface area contributed by atoms with E-state index in [1.165, 1.54) is 6.21 Å². The van der Waals surface area contributed by atoms with E-state index in [0.717, 1.165) is 33.3 Å². The number of hydrogen-bond acceptors (Lipinski definition) is 5. The minimum Gasteiger partial charge on any atom is -0.313 e. The highest BCUT2D eigenvalue weighted by atomic mass is 32.1. The molecule has 0 saturated heterocycles. The Kier molecular flexibility index (Phi) is 4.05. The summed E-state index contributed by atoms with van der Waals surface area (Å²) < 4.78 is 28.0. The van der Waals surface area contributed by atoms with Gasteiger partial charge in [0, 0.05) is 13.1 Å². The lowest BCUT2D eigenvalue weighted by Gasteiger charge is -2.11. The van der Waals surface area contributed by atoms with Gasteiger partial charge in [-0.2, -0.15) is 5.10 Å². The van der Waals surface area contributed by atoms with E-state index in [9.17, 15) is 18.4 Å². The summed E-state index contributed by atoms with van der Waals surface area (Å²) in [4.78, 5) is 26.1. The maximum atomic E-state index is 12.9. The molecule has 1 aliphatic carbocycles. The minimum atomic E-state index is -2.67. The first-order valence-electron chi connectivity index (χ1n) is 7.22. The highest BCUT2D eigenvalue weighted by Crippen LogP contribution is 2.34. The summed E-state index contributed by atoms with van der Waals surface area (Å²) in [5, 5.41) is 4.23. The third kappa shape index (κ3) is 2.69. The summed E-state index contributed by atoms with van der Waals surface area (Å²) in [6.07, 6.45) is 0.315. The maximum absolute atomic E-state index is 12.9. The molecular weight excluding hydrogens is 326 g/mol. The zero-order chi connectivity index (χ0) is 16.7. The number of aryl methyl sites for hydroxylation is 1. The Hall–Kier alpha value is -2.03. The van der Waals surface area contributed by atoms with Crippen molar-refractivity contribution in [1.82, 2.24) is 14.6 Å². The highest BCUT2D eigenvalue weighted by molar-refractivity contribution is 7.20. The Morgan fingerprint density at radius 1 is 1.43 bits per heavy atom. The van der Waals surface area contributed by atoms with Gasteiger partial charge in [-0.05, 0) is 25.3 Å². The molecule has 3 rings (SSSR count). The smallest absolute Gasteiger partial charge is 0.313 e. The summed E-state index contributed by atoms with van der Waals surface area (Å²) in [6.45, 7) is 1.02. The summed E-state index contributed by atoms with van der Waals surface area (Å²) in [5.41, 5.74) is 2.22. The van der Waals surface area contributed by atoms with E-state index in [1.54, 1.807) is 14.0 Å². The molecule has 6 nitrogen and oxygen atoms in total. The number of nitrogens with zero attached hydrogens (tertiary/aromatic N) is 3. The van der Waals surface area contributed by atoms with Crippen LogP contribution in [-0.4, -0.2) is 28.8 Å². The number of hydrazone groups is 1. The second kappa shape index (κ2) is 5.88. The number of halogens is 2. The molecule has 1 fully saturated rings. The molecule has 1 saturated carbocycles. The Bertz CT molecular complexity index is 893. The molecule has 2 aromatic rings. The van der Waals surface area contributed by atoms with Crippen LogP contribution in [0.15, 0.2) is 14.7 Å². The Balaban J connectivity index is 2.36. The maximum Gasteiger partial charge on any atom is 0.332 e. The topological polar surface area (TPSA) is 68.4 Å². The predicted octanol–water partition coefficient (Wildman–Crippen LogP) is 1.69.